The lowest BCUT2D eigenvalue weighted by atomic mass is 9.88. The van der Waals surface area contributed by atoms with E-state index in [-0.39, 0.29) is 12.5 Å². The van der Waals surface area contributed by atoms with E-state index in [0.717, 1.165) is 35.5 Å². The minimum atomic E-state index is -0.519. The van der Waals surface area contributed by atoms with Crippen molar-refractivity contribution < 1.29 is 13.9 Å². The maximum Gasteiger partial charge on any atom is 0.229 e. The third kappa shape index (κ3) is 3.64. The lowest BCUT2D eigenvalue weighted by Gasteiger charge is -2.23. The lowest BCUT2D eigenvalue weighted by molar-refractivity contribution is 0.264. The first-order valence-electron chi connectivity index (χ1n) is 11.7. The van der Waals surface area contributed by atoms with Crippen LogP contribution in [0.25, 0.3) is 5.69 Å². The van der Waals surface area contributed by atoms with E-state index in [1.807, 2.05) is 55.5 Å². The average molecular weight is 465 g/mol. The lowest BCUT2D eigenvalue weighted by Crippen LogP contribution is -2.21. The molecule has 0 bridgehead atoms. The minimum Gasteiger partial charge on any atom is -0.486 e. The van der Waals surface area contributed by atoms with Crippen molar-refractivity contribution in [3.8, 4) is 23.4 Å². The standard InChI is InChI=1S/C28H24N4O3/c1-17-25-26(23(15-29)27(30)35-28(25)32(31-17)20-8-3-2-4-9-20)24-13-12-22(34-24)16-33-21-11-10-18-6-5-7-19(18)14-21/h2-4,8-14,26H,5-7,16,30H2,1H3. The number of rotatable bonds is 5. The Hall–Kier alpha value is -4.44. The van der Waals surface area contributed by atoms with Gasteiger partial charge in [0.05, 0.1) is 22.9 Å². The summed E-state index contributed by atoms with van der Waals surface area (Å²) in [5.74, 6) is 2.11. The molecule has 0 saturated carbocycles. The molecular formula is C28H24N4O3. The molecule has 7 nitrogen and oxygen atoms in total. The third-order valence-corrected chi connectivity index (χ3v) is 6.65. The van der Waals surface area contributed by atoms with Crippen molar-refractivity contribution in [1.29, 1.82) is 5.26 Å². The Morgan fingerprint density at radius 2 is 1.94 bits per heavy atom. The van der Waals surface area contributed by atoms with Gasteiger partial charge in [-0.2, -0.15) is 10.4 Å². The second-order valence-corrected chi connectivity index (χ2v) is 8.85. The van der Waals surface area contributed by atoms with Crippen molar-refractivity contribution in [2.24, 2.45) is 5.73 Å². The Balaban J connectivity index is 1.32. The first-order chi connectivity index (χ1) is 17.1. The summed E-state index contributed by atoms with van der Waals surface area (Å²) in [6.07, 6.45) is 3.44. The summed E-state index contributed by atoms with van der Waals surface area (Å²) in [6.45, 7) is 2.18. The highest BCUT2D eigenvalue weighted by atomic mass is 16.5. The molecule has 2 N–H and O–H groups in total. The quantitative estimate of drug-likeness (QED) is 0.443. The van der Waals surface area contributed by atoms with E-state index in [2.05, 4.69) is 23.3 Å². The first kappa shape index (κ1) is 21.1. The zero-order chi connectivity index (χ0) is 23.9. The van der Waals surface area contributed by atoms with Crippen LogP contribution in [-0.4, -0.2) is 9.78 Å². The summed E-state index contributed by atoms with van der Waals surface area (Å²) in [6, 6.07) is 21.9. The van der Waals surface area contributed by atoms with Gasteiger partial charge in [0.15, 0.2) is 0 Å². The van der Waals surface area contributed by atoms with Gasteiger partial charge in [-0.3, -0.25) is 0 Å². The molecule has 2 aromatic carbocycles. The molecule has 2 aromatic heterocycles. The Labute approximate surface area is 203 Å². The van der Waals surface area contributed by atoms with Gasteiger partial charge >= 0.3 is 0 Å². The summed E-state index contributed by atoms with van der Waals surface area (Å²) >= 11 is 0. The largest absolute Gasteiger partial charge is 0.486 e. The number of aromatic nitrogens is 2. The Bertz CT molecular complexity index is 1490. The van der Waals surface area contributed by atoms with Crippen LogP contribution in [0.1, 0.15) is 46.2 Å². The molecule has 7 heteroatoms. The van der Waals surface area contributed by atoms with Gasteiger partial charge in [-0.25, -0.2) is 4.68 Å². The summed E-state index contributed by atoms with van der Waals surface area (Å²) < 4.78 is 19.8. The SMILES string of the molecule is Cc1nn(-c2ccccc2)c2c1C(c1ccc(COc3ccc4c(c3)CCC4)o1)C(C#N)=C(N)O2. The van der Waals surface area contributed by atoms with Gasteiger partial charge in [0, 0.05) is 0 Å². The topological polar surface area (TPSA) is 99.2 Å². The fraction of sp³-hybridized carbons (Fsp3) is 0.214. The van der Waals surface area contributed by atoms with Crippen molar-refractivity contribution in [3.05, 3.63) is 106 Å². The number of nitrogens with zero attached hydrogens (tertiary/aromatic N) is 3. The number of nitrogens with two attached hydrogens (primary N) is 1. The smallest absolute Gasteiger partial charge is 0.229 e. The molecule has 0 radical (unpaired) electrons. The summed E-state index contributed by atoms with van der Waals surface area (Å²) in [7, 11) is 0. The molecule has 1 unspecified atom stereocenters. The Kier molecular flexibility index (Phi) is 5.07. The molecular weight excluding hydrogens is 440 g/mol. The second kappa shape index (κ2) is 8.41. The van der Waals surface area contributed by atoms with Gasteiger partial charge in [0.2, 0.25) is 11.8 Å². The van der Waals surface area contributed by atoms with Crippen LogP contribution in [0.4, 0.5) is 0 Å². The Morgan fingerprint density at radius 1 is 1.11 bits per heavy atom. The van der Waals surface area contributed by atoms with Gasteiger partial charge in [0.1, 0.15) is 35.5 Å². The number of nitriles is 1. The molecule has 1 aliphatic heterocycles. The second-order valence-electron chi connectivity index (χ2n) is 8.85. The van der Waals surface area contributed by atoms with Crippen molar-refractivity contribution in [1.82, 2.24) is 9.78 Å². The molecule has 4 aromatic rings. The number of allylic oxidation sites excluding steroid dienone is 1. The van der Waals surface area contributed by atoms with Gasteiger partial charge in [-0.15, -0.1) is 0 Å². The number of hydrogen-bond acceptors (Lipinski definition) is 6. The zero-order valence-corrected chi connectivity index (χ0v) is 19.3. The molecule has 0 saturated heterocycles. The van der Waals surface area contributed by atoms with Crippen LogP contribution in [0, 0.1) is 18.3 Å². The number of hydrogen-bond donors (Lipinski definition) is 1. The van der Waals surface area contributed by atoms with E-state index in [1.165, 1.54) is 17.5 Å². The highest BCUT2D eigenvalue weighted by molar-refractivity contribution is 5.55. The number of ether oxygens (including phenoxy) is 2. The predicted molar refractivity (Wildman–Crippen MR) is 129 cm³/mol. The molecule has 1 atom stereocenters. The monoisotopic (exact) mass is 464 g/mol. The molecule has 3 heterocycles. The zero-order valence-electron chi connectivity index (χ0n) is 19.3. The van der Waals surface area contributed by atoms with E-state index in [0.29, 0.717) is 23.0 Å². The number of furan rings is 1. The van der Waals surface area contributed by atoms with Crippen LogP contribution in [-0.2, 0) is 19.4 Å². The molecule has 0 fully saturated rings. The van der Waals surface area contributed by atoms with Crippen LogP contribution in [0.15, 0.2) is 76.5 Å². The molecule has 1 aliphatic carbocycles. The molecule has 174 valence electrons. The van der Waals surface area contributed by atoms with Gasteiger partial charge in [-0.05, 0) is 73.7 Å². The fourth-order valence-corrected chi connectivity index (χ4v) is 4.96. The highest BCUT2D eigenvalue weighted by Gasteiger charge is 2.38. The number of fused-ring (bicyclic) bond motifs is 2. The van der Waals surface area contributed by atoms with Crippen molar-refractivity contribution in [3.63, 3.8) is 0 Å². The van der Waals surface area contributed by atoms with Gasteiger partial charge in [-0.1, -0.05) is 24.3 Å². The summed E-state index contributed by atoms with van der Waals surface area (Å²) in [5.41, 5.74) is 11.6. The van der Waals surface area contributed by atoms with Crippen LogP contribution in [0.3, 0.4) is 0 Å². The number of benzene rings is 2. The van der Waals surface area contributed by atoms with E-state index in [4.69, 9.17) is 19.6 Å². The third-order valence-electron chi connectivity index (χ3n) is 6.65. The fourth-order valence-electron chi connectivity index (χ4n) is 4.96. The van der Waals surface area contributed by atoms with E-state index in [9.17, 15) is 5.26 Å². The number of aryl methyl sites for hydroxylation is 3. The van der Waals surface area contributed by atoms with Crippen LogP contribution in [0.5, 0.6) is 11.6 Å². The van der Waals surface area contributed by atoms with E-state index < -0.39 is 5.92 Å². The van der Waals surface area contributed by atoms with Crippen molar-refractivity contribution >= 4 is 0 Å². The number of para-hydroxylation sites is 1. The molecule has 35 heavy (non-hydrogen) atoms. The van der Waals surface area contributed by atoms with Crippen LogP contribution in [0.2, 0.25) is 0 Å². The van der Waals surface area contributed by atoms with Crippen LogP contribution >= 0.6 is 0 Å². The summed E-state index contributed by atoms with van der Waals surface area (Å²) in [5, 5.41) is 14.6. The van der Waals surface area contributed by atoms with E-state index in [1.54, 1.807) is 4.68 Å². The normalized spacial score (nSPS) is 16.4. The molecule has 0 amide bonds. The van der Waals surface area contributed by atoms with E-state index >= 15 is 0 Å². The van der Waals surface area contributed by atoms with Gasteiger partial charge in [0.25, 0.3) is 0 Å². The molecule has 2 aliphatic rings. The maximum atomic E-state index is 9.91. The Morgan fingerprint density at radius 3 is 2.77 bits per heavy atom. The van der Waals surface area contributed by atoms with Crippen molar-refractivity contribution in [2.75, 3.05) is 0 Å². The first-order valence-corrected chi connectivity index (χ1v) is 11.7. The molecule has 6 rings (SSSR count). The average Bonchev–Trinajstić information content (AvgIpc) is 3.61. The summed E-state index contributed by atoms with van der Waals surface area (Å²) in [4.78, 5) is 0. The van der Waals surface area contributed by atoms with Crippen molar-refractivity contribution in [2.45, 2.75) is 38.7 Å². The predicted octanol–water partition coefficient (Wildman–Crippen LogP) is 5.06. The highest BCUT2D eigenvalue weighted by Crippen LogP contribution is 2.45. The maximum absolute atomic E-state index is 9.91. The molecule has 0 spiro atoms. The van der Waals surface area contributed by atoms with Crippen LogP contribution < -0.4 is 15.2 Å². The van der Waals surface area contributed by atoms with Gasteiger partial charge < -0.3 is 19.6 Å². The minimum absolute atomic E-state index is 0.0504.